The van der Waals surface area contributed by atoms with Crippen molar-refractivity contribution in [3.8, 4) is 16.3 Å². The summed E-state index contributed by atoms with van der Waals surface area (Å²) in [6.07, 6.45) is 4.95. The quantitative estimate of drug-likeness (QED) is 0.496. The van der Waals surface area contributed by atoms with Crippen LogP contribution >= 0.6 is 22.9 Å². The van der Waals surface area contributed by atoms with E-state index >= 15 is 0 Å². The molecule has 6 nitrogen and oxygen atoms in total. The molecule has 0 bridgehead atoms. The monoisotopic (exact) mass is 394 g/mol. The maximum Gasteiger partial charge on any atom is 0.334 e. The van der Waals surface area contributed by atoms with Gasteiger partial charge in [0.1, 0.15) is 10.5 Å². The molecule has 0 unspecified atom stereocenters. The molecule has 0 aliphatic heterocycles. The maximum absolute atomic E-state index is 13.1. The van der Waals surface area contributed by atoms with Gasteiger partial charge in [0.25, 0.3) is 5.56 Å². The van der Waals surface area contributed by atoms with Crippen molar-refractivity contribution in [2.24, 2.45) is 0 Å². The molecule has 5 rings (SSSR count). The number of H-pyrrole nitrogens is 1. The second-order valence-electron chi connectivity index (χ2n) is 5.97. The van der Waals surface area contributed by atoms with Gasteiger partial charge in [-0.25, -0.2) is 9.36 Å². The number of nitrogens with zero attached hydrogens (tertiary/aromatic N) is 3. The third kappa shape index (κ3) is 2.43. The largest absolute Gasteiger partial charge is 0.334 e. The van der Waals surface area contributed by atoms with Crippen LogP contribution in [0, 0.1) is 0 Å². The first-order valence-electron chi connectivity index (χ1n) is 8.09. The molecular formula is C19H11ClN4O2S. The van der Waals surface area contributed by atoms with E-state index in [1.54, 1.807) is 28.9 Å². The highest BCUT2D eigenvalue weighted by atomic mass is 35.5. The van der Waals surface area contributed by atoms with Crippen LogP contribution in [0.1, 0.15) is 0 Å². The number of hydrogen-bond donors (Lipinski definition) is 1. The Morgan fingerprint density at radius 3 is 2.78 bits per heavy atom. The molecule has 0 atom stereocenters. The Balaban J connectivity index is 1.81. The Kier molecular flexibility index (Phi) is 3.53. The van der Waals surface area contributed by atoms with E-state index in [0.717, 1.165) is 20.5 Å². The molecule has 0 saturated heterocycles. The number of halogens is 1. The summed E-state index contributed by atoms with van der Waals surface area (Å²) in [5, 5.41) is 0.591. The summed E-state index contributed by atoms with van der Waals surface area (Å²) >= 11 is 7.58. The smallest absolute Gasteiger partial charge is 0.305 e. The zero-order valence-electron chi connectivity index (χ0n) is 13.7. The summed E-state index contributed by atoms with van der Waals surface area (Å²) in [6.45, 7) is 0. The van der Waals surface area contributed by atoms with Crippen LogP contribution in [-0.2, 0) is 0 Å². The molecular weight excluding hydrogens is 384 g/mol. The van der Waals surface area contributed by atoms with Crippen LogP contribution in [-0.4, -0.2) is 18.9 Å². The molecule has 27 heavy (non-hydrogen) atoms. The van der Waals surface area contributed by atoms with Crippen molar-refractivity contribution in [2.75, 3.05) is 0 Å². The van der Waals surface area contributed by atoms with Crippen LogP contribution in [0.3, 0.4) is 0 Å². The predicted octanol–water partition coefficient (Wildman–Crippen LogP) is 3.71. The Bertz CT molecular complexity index is 1440. The fourth-order valence-electron chi connectivity index (χ4n) is 3.13. The minimum absolute atomic E-state index is 0.387. The van der Waals surface area contributed by atoms with Crippen molar-refractivity contribution in [3.63, 3.8) is 0 Å². The summed E-state index contributed by atoms with van der Waals surface area (Å²) in [5.74, 6) is 0.387. The number of fused-ring (bicyclic) bond motifs is 2. The van der Waals surface area contributed by atoms with Crippen molar-refractivity contribution < 1.29 is 0 Å². The second-order valence-corrected chi connectivity index (χ2v) is 7.43. The number of thiophene rings is 1. The van der Waals surface area contributed by atoms with Gasteiger partial charge in [-0.2, -0.15) is 0 Å². The molecule has 4 heterocycles. The Morgan fingerprint density at radius 2 is 1.93 bits per heavy atom. The average molecular weight is 395 g/mol. The van der Waals surface area contributed by atoms with Gasteiger partial charge < -0.3 is 4.98 Å². The highest BCUT2D eigenvalue weighted by molar-refractivity contribution is 7.22. The standard InChI is InChI=1S/C19H11ClN4O2S/c20-13-6-2-1-5-12(13)15-8-14-17(27-15)18(25)24(19(26)22-14)16-10-21-9-11-4-3-7-23(11)16/h1-10H,(H,22,26). The fourth-order valence-corrected chi connectivity index (χ4v) is 4.50. The lowest BCUT2D eigenvalue weighted by atomic mass is 10.2. The van der Waals surface area contributed by atoms with E-state index < -0.39 is 5.69 Å². The number of nitrogens with one attached hydrogen (secondary N) is 1. The van der Waals surface area contributed by atoms with Crippen LogP contribution in [0.5, 0.6) is 0 Å². The van der Waals surface area contributed by atoms with E-state index in [9.17, 15) is 9.59 Å². The van der Waals surface area contributed by atoms with Crippen LogP contribution in [0.2, 0.25) is 5.02 Å². The number of hydrogen-bond acceptors (Lipinski definition) is 4. The third-order valence-corrected chi connectivity index (χ3v) is 5.85. The molecule has 4 aromatic heterocycles. The van der Waals surface area contributed by atoms with Gasteiger partial charge in [0, 0.05) is 21.7 Å². The van der Waals surface area contributed by atoms with Gasteiger partial charge in [0.05, 0.1) is 23.4 Å². The van der Waals surface area contributed by atoms with E-state index in [4.69, 9.17) is 11.6 Å². The predicted molar refractivity (Wildman–Crippen MR) is 107 cm³/mol. The lowest BCUT2D eigenvalue weighted by molar-refractivity contribution is 0.844. The van der Waals surface area contributed by atoms with Crippen LogP contribution in [0.25, 0.3) is 32.0 Å². The molecule has 1 aromatic carbocycles. The molecule has 5 aromatic rings. The van der Waals surface area contributed by atoms with Gasteiger partial charge in [0.15, 0.2) is 0 Å². The summed E-state index contributed by atoms with van der Waals surface area (Å²) < 4.78 is 3.31. The first-order valence-corrected chi connectivity index (χ1v) is 9.28. The van der Waals surface area contributed by atoms with Gasteiger partial charge in [-0.05, 0) is 24.3 Å². The maximum atomic E-state index is 13.1. The van der Waals surface area contributed by atoms with Gasteiger partial charge in [0.2, 0.25) is 0 Å². The number of aromatic amines is 1. The van der Waals surface area contributed by atoms with E-state index in [1.165, 1.54) is 17.5 Å². The van der Waals surface area contributed by atoms with Gasteiger partial charge in [-0.1, -0.05) is 29.8 Å². The molecule has 0 spiro atoms. The summed E-state index contributed by atoms with van der Waals surface area (Å²) in [5.41, 5.74) is 1.20. The summed E-state index contributed by atoms with van der Waals surface area (Å²) in [7, 11) is 0. The molecule has 0 fully saturated rings. The second kappa shape index (κ2) is 5.94. The van der Waals surface area contributed by atoms with Crippen molar-refractivity contribution in [3.05, 3.63) is 86.9 Å². The normalized spacial score (nSPS) is 11.4. The minimum Gasteiger partial charge on any atom is -0.305 e. The number of rotatable bonds is 2. The van der Waals surface area contributed by atoms with Crippen LogP contribution in [0.15, 0.2) is 70.6 Å². The van der Waals surface area contributed by atoms with Gasteiger partial charge >= 0.3 is 5.69 Å². The van der Waals surface area contributed by atoms with E-state index in [-0.39, 0.29) is 5.56 Å². The van der Waals surface area contributed by atoms with E-state index in [2.05, 4.69) is 9.97 Å². The highest BCUT2D eigenvalue weighted by Crippen LogP contribution is 2.34. The average Bonchev–Trinajstić information content (AvgIpc) is 3.29. The summed E-state index contributed by atoms with van der Waals surface area (Å²) in [4.78, 5) is 33.6. The van der Waals surface area contributed by atoms with E-state index in [0.29, 0.717) is 21.1 Å². The lowest BCUT2D eigenvalue weighted by Crippen LogP contribution is -2.34. The zero-order chi connectivity index (χ0) is 18.5. The molecule has 0 aliphatic carbocycles. The number of aromatic nitrogens is 4. The van der Waals surface area contributed by atoms with Crippen molar-refractivity contribution >= 4 is 38.7 Å². The molecule has 132 valence electrons. The van der Waals surface area contributed by atoms with Gasteiger partial charge in [-0.3, -0.25) is 14.2 Å². The fraction of sp³-hybridized carbons (Fsp3) is 0. The van der Waals surface area contributed by atoms with Crippen LogP contribution < -0.4 is 11.2 Å². The molecule has 1 N–H and O–H groups in total. The molecule has 0 saturated carbocycles. The Morgan fingerprint density at radius 1 is 1.07 bits per heavy atom. The minimum atomic E-state index is -0.515. The zero-order valence-corrected chi connectivity index (χ0v) is 15.3. The first-order chi connectivity index (χ1) is 13.1. The number of benzene rings is 1. The lowest BCUT2D eigenvalue weighted by Gasteiger charge is -2.07. The van der Waals surface area contributed by atoms with Crippen molar-refractivity contribution in [1.82, 2.24) is 18.9 Å². The summed E-state index contributed by atoms with van der Waals surface area (Å²) in [6, 6.07) is 12.9. The molecule has 0 radical (unpaired) electrons. The third-order valence-electron chi connectivity index (χ3n) is 4.37. The van der Waals surface area contributed by atoms with Crippen molar-refractivity contribution in [2.45, 2.75) is 0 Å². The van der Waals surface area contributed by atoms with E-state index in [1.807, 2.05) is 30.3 Å². The molecule has 8 heteroatoms. The molecule has 0 aliphatic rings. The van der Waals surface area contributed by atoms with Gasteiger partial charge in [-0.15, -0.1) is 11.3 Å². The highest BCUT2D eigenvalue weighted by Gasteiger charge is 2.16. The Hall–Kier alpha value is -3.16. The topological polar surface area (TPSA) is 72.2 Å². The van der Waals surface area contributed by atoms with Crippen LogP contribution in [0.4, 0.5) is 0 Å². The SMILES string of the molecule is O=c1[nH]c2cc(-c3ccccc3Cl)sc2c(=O)n1-c1cncc2cccn12. The Labute approximate surface area is 160 Å². The van der Waals surface area contributed by atoms with Crippen molar-refractivity contribution in [1.29, 1.82) is 0 Å². The molecule has 0 amide bonds. The first kappa shape index (κ1) is 16.0.